The van der Waals surface area contributed by atoms with Crippen LogP contribution in [0.25, 0.3) is 10.9 Å². The third-order valence-corrected chi connectivity index (χ3v) is 3.50. The first kappa shape index (κ1) is 13.1. The molecule has 106 valence electrons. The molecule has 20 heavy (non-hydrogen) atoms. The first-order valence-electron chi connectivity index (χ1n) is 6.27. The Labute approximate surface area is 112 Å². The van der Waals surface area contributed by atoms with E-state index in [1.807, 2.05) is 0 Å². The maximum absolute atomic E-state index is 12.7. The SMILES string of the molecule is O=c1[nH]c(C2CCNC2)nc2cc(C(F)(F)F)ccc12. The van der Waals surface area contributed by atoms with Crippen molar-refractivity contribution >= 4 is 10.9 Å². The van der Waals surface area contributed by atoms with Crippen LogP contribution in [0.3, 0.4) is 0 Å². The molecule has 0 bridgehead atoms. The molecule has 2 heterocycles. The van der Waals surface area contributed by atoms with E-state index in [-0.39, 0.29) is 16.8 Å². The number of rotatable bonds is 1. The molecule has 3 rings (SSSR count). The van der Waals surface area contributed by atoms with E-state index < -0.39 is 17.3 Å². The van der Waals surface area contributed by atoms with Crippen LogP contribution in [0.2, 0.25) is 0 Å². The zero-order valence-corrected chi connectivity index (χ0v) is 10.4. The van der Waals surface area contributed by atoms with Crippen molar-refractivity contribution in [2.45, 2.75) is 18.5 Å². The van der Waals surface area contributed by atoms with Crippen LogP contribution in [-0.2, 0) is 6.18 Å². The normalized spacial score (nSPS) is 19.6. The van der Waals surface area contributed by atoms with E-state index in [0.717, 1.165) is 25.1 Å². The number of hydrogen-bond donors (Lipinski definition) is 2. The van der Waals surface area contributed by atoms with E-state index in [0.29, 0.717) is 12.4 Å². The molecular formula is C13H12F3N3O. The van der Waals surface area contributed by atoms with Gasteiger partial charge in [-0.05, 0) is 31.2 Å². The standard InChI is InChI=1S/C13H12F3N3O/c14-13(15,16)8-1-2-9-10(5-8)18-11(19-12(9)20)7-3-4-17-6-7/h1-2,5,7,17H,3-4,6H2,(H,18,19,20). The van der Waals surface area contributed by atoms with Gasteiger partial charge in [0.15, 0.2) is 0 Å². The van der Waals surface area contributed by atoms with Crippen LogP contribution in [0.4, 0.5) is 13.2 Å². The molecule has 1 unspecified atom stereocenters. The molecule has 0 aliphatic carbocycles. The van der Waals surface area contributed by atoms with E-state index in [4.69, 9.17) is 0 Å². The van der Waals surface area contributed by atoms with E-state index in [9.17, 15) is 18.0 Å². The first-order chi connectivity index (χ1) is 9.45. The van der Waals surface area contributed by atoms with Crippen molar-refractivity contribution in [1.29, 1.82) is 0 Å². The van der Waals surface area contributed by atoms with Gasteiger partial charge in [0.2, 0.25) is 0 Å². The van der Waals surface area contributed by atoms with Crippen molar-refractivity contribution in [2.24, 2.45) is 0 Å². The fourth-order valence-electron chi connectivity index (χ4n) is 2.42. The van der Waals surface area contributed by atoms with Crippen LogP contribution < -0.4 is 10.9 Å². The number of benzene rings is 1. The number of hydrogen-bond acceptors (Lipinski definition) is 3. The van der Waals surface area contributed by atoms with Gasteiger partial charge in [-0.1, -0.05) is 0 Å². The number of alkyl halides is 3. The van der Waals surface area contributed by atoms with Crippen LogP contribution in [0, 0.1) is 0 Å². The molecule has 7 heteroatoms. The van der Waals surface area contributed by atoms with E-state index in [1.54, 1.807) is 0 Å². The zero-order valence-electron chi connectivity index (χ0n) is 10.4. The summed E-state index contributed by atoms with van der Waals surface area (Å²) in [4.78, 5) is 18.8. The van der Waals surface area contributed by atoms with Gasteiger partial charge in [-0.3, -0.25) is 4.79 Å². The van der Waals surface area contributed by atoms with Gasteiger partial charge in [0.25, 0.3) is 5.56 Å². The summed E-state index contributed by atoms with van der Waals surface area (Å²) >= 11 is 0. The second-order valence-electron chi connectivity index (χ2n) is 4.87. The molecule has 1 saturated heterocycles. The maximum Gasteiger partial charge on any atom is 0.416 e. The molecular weight excluding hydrogens is 271 g/mol. The Morgan fingerprint density at radius 3 is 2.75 bits per heavy atom. The molecule has 1 aliphatic heterocycles. The van der Waals surface area contributed by atoms with Crippen molar-refractivity contribution in [3.63, 3.8) is 0 Å². The van der Waals surface area contributed by atoms with Crippen LogP contribution >= 0.6 is 0 Å². The van der Waals surface area contributed by atoms with Crippen LogP contribution in [0.5, 0.6) is 0 Å². The summed E-state index contributed by atoms with van der Waals surface area (Å²) in [5.41, 5.74) is -1.10. The molecule has 0 radical (unpaired) electrons. The molecule has 2 N–H and O–H groups in total. The smallest absolute Gasteiger partial charge is 0.316 e. The van der Waals surface area contributed by atoms with Gasteiger partial charge in [0.1, 0.15) is 5.82 Å². The lowest BCUT2D eigenvalue weighted by Gasteiger charge is -2.10. The highest BCUT2D eigenvalue weighted by atomic mass is 19.4. The summed E-state index contributed by atoms with van der Waals surface area (Å²) in [6, 6.07) is 2.99. The monoisotopic (exact) mass is 283 g/mol. The highest BCUT2D eigenvalue weighted by Gasteiger charge is 2.31. The minimum Gasteiger partial charge on any atom is -0.316 e. The van der Waals surface area contributed by atoms with Crippen molar-refractivity contribution in [3.05, 3.63) is 39.9 Å². The molecule has 0 saturated carbocycles. The molecule has 1 atom stereocenters. The molecule has 1 aromatic heterocycles. The maximum atomic E-state index is 12.7. The number of nitrogens with one attached hydrogen (secondary N) is 2. The van der Waals surface area contributed by atoms with Gasteiger partial charge in [0.05, 0.1) is 16.5 Å². The van der Waals surface area contributed by atoms with E-state index in [1.165, 1.54) is 6.07 Å². The minimum absolute atomic E-state index is 0.0432. The second kappa shape index (κ2) is 4.59. The number of aromatic nitrogens is 2. The number of fused-ring (bicyclic) bond motifs is 1. The molecule has 0 spiro atoms. The second-order valence-corrected chi connectivity index (χ2v) is 4.87. The lowest BCUT2D eigenvalue weighted by atomic mass is 10.1. The minimum atomic E-state index is -4.44. The van der Waals surface area contributed by atoms with Crippen molar-refractivity contribution < 1.29 is 13.2 Å². The van der Waals surface area contributed by atoms with E-state index >= 15 is 0 Å². The van der Waals surface area contributed by atoms with Crippen LogP contribution in [-0.4, -0.2) is 23.1 Å². The molecule has 4 nitrogen and oxygen atoms in total. The summed E-state index contributed by atoms with van der Waals surface area (Å²) in [6.07, 6.45) is -3.62. The van der Waals surface area contributed by atoms with Crippen molar-refractivity contribution in [1.82, 2.24) is 15.3 Å². The highest BCUT2D eigenvalue weighted by Crippen LogP contribution is 2.30. The number of H-pyrrole nitrogens is 1. The molecule has 1 fully saturated rings. The number of halogens is 3. The van der Waals surface area contributed by atoms with Crippen molar-refractivity contribution in [3.8, 4) is 0 Å². The van der Waals surface area contributed by atoms with Gasteiger partial charge in [-0.25, -0.2) is 4.98 Å². The lowest BCUT2D eigenvalue weighted by molar-refractivity contribution is -0.137. The fraction of sp³-hybridized carbons (Fsp3) is 0.385. The third-order valence-electron chi connectivity index (χ3n) is 3.50. The number of nitrogens with zero attached hydrogens (tertiary/aromatic N) is 1. The fourth-order valence-corrected chi connectivity index (χ4v) is 2.42. The summed E-state index contributed by atoms with van der Waals surface area (Å²) < 4.78 is 38.1. The Kier molecular flexibility index (Phi) is 3.01. The molecule has 1 aromatic carbocycles. The van der Waals surface area contributed by atoms with Crippen molar-refractivity contribution in [2.75, 3.05) is 13.1 Å². The predicted octanol–water partition coefficient (Wildman–Crippen LogP) is 2.02. The van der Waals surface area contributed by atoms with Gasteiger partial charge >= 0.3 is 6.18 Å². The van der Waals surface area contributed by atoms with Gasteiger partial charge < -0.3 is 10.3 Å². The third kappa shape index (κ3) is 2.29. The molecule has 2 aromatic rings. The lowest BCUT2D eigenvalue weighted by Crippen LogP contribution is -2.17. The Morgan fingerprint density at radius 2 is 2.10 bits per heavy atom. The topological polar surface area (TPSA) is 57.8 Å². The predicted molar refractivity (Wildman–Crippen MR) is 67.6 cm³/mol. The quantitative estimate of drug-likeness (QED) is 0.842. The Balaban J connectivity index is 2.15. The largest absolute Gasteiger partial charge is 0.416 e. The average molecular weight is 283 g/mol. The average Bonchev–Trinajstić information content (AvgIpc) is 2.90. The van der Waals surface area contributed by atoms with Gasteiger partial charge in [-0.2, -0.15) is 13.2 Å². The Hall–Kier alpha value is -1.89. The Morgan fingerprint density at radius 1 is 1.30 bits per heavy atom. The summed E-state index contributed by atoms with van der Waals surface area (Å²) in [5, 5.41) is 3.31. The molecule has 1 aliphatic rings. The van der Waals surface area contributed by atoms with E-state index in [2.05, 4.69) is 15.3 Å². The van der Waals surface area contributed by atoms with Gasteiger partial charge in [0, 0.05) is 12.5 Å². The van der Waals surface area contributed by atoms with Crippen LogP contribution in [0.15, 0.2) is 23.0 Å². The summed E-state index contributed by atoms with van der Waals surface area (Å²) in [6.45, 7) is 1.49. The summed E-state index contributed by atoms with van der Waals surface area (Å²) in [5.74, 6) is 0.494. The molecule has 0 amide bonds. The summed E-state index contributed by atoms with van der Waals surface area (Å²) in [7, 11) is 0. The Bertz CT molecular complexity index is 702. The van der Waals surface area contributed by atoms with Gasteiger partial charge in [-0.15, -0.1) is 0 Å². The highest BCUT2D eigenvalue weighted by molar-refractivity contribution is 5.78. The first-order valence-corrected chi connectivity index (χ1v) is 6.27. The number of aromatic amines is 1. The zero-order chi connectivity index (χ0) is 14.3. The van der Waals surface area contributed by atoms with Crippen LogP contribution in [0.1, 0.15) is 23.7 Å².